The normalized spacial score (nSPS) is 13.9. The third-order valence-corrected chi connectivity index (χ3v) is 4.68. The molecule has 0 aliphatic carbocycles. The first-order valence-electron chi connectivity index (χ1n) is 5.78. The van der Waals surface area contributed by atoms with Gasteiger partial charge >= 0.3 is 5.25 Å². The van der Waals surface area contributed by atoms with E-state index in [9.17, 15) is 22.3 Å². The number of hydrogen-bond acceptors (Lipinski definition) is 3. The Kier molecular flexibility index (Phi) is 3.87. The standard InChI is InChI=1S/C14H12F2O3S/c15-14(16,13(17)11-7-3-1-4-8-11)20(18,19)12-9-5-2-6-10-12/h1-10,13,17H. The van der Waals surface area contributed by atoms with Gasteiger partial charge in [-0.05, 0) is 17.7 Å². The molecule has 1 atom stereocenters. The van der Waals surface area contributed by atoms with Crippen LogP contribution in [0.25, 0.3) is 0 Å². The van der Waals surface area contributed by atoms with E-state index in [1.165, 1.54) is 42.5 Å². The van der Waals surface area contributed by atoms with Crippen LogP contribution < -0.4 is 0 Å². The lowest BCUT2D eigenvalue weighted by Crippen LogP contribution is -2.35. The highest BCUT2D eigenvalue weighted by Crippen LogP contribution is 2.39. The van der Waals surface area contributed by atoms with Gasteiger partial charge in [0.05, 0.1) is 4.90 Å². The number of hydrogen-bond donors (Lipinski definition) is 1. The molecule has 0 saturated carbocycles. The first kappa shape index (κ1) is 14.6. The van der Waals surface area contributed by atoms with Crippen molar-refractivity contribution in [1.82, 2.24) is 0 Å². The fourth-order valence-electron chi connectivity index (χ4n) is 1.73. The van der Waals surface area contributed by atoms with Gasteiger partial charge in [-0.25, -0.2) is 8.42 Å². The van der Waals surface area contributed by atoms with Crippen molar-refractivity contribution >= 4 is 9.84 Å². The van der Waals surface area contributed by atoms with E-state index in [0.717, 1.165) is 12.1 Å². The Bertz CT molecular complexity index is 670. The van der Waals surface area contributed by atoms with Crippen molar-refractivity contribution in [3.8, 4) is 0 Å². The van der Waals surface area contributed by atoms with Crippen LogP contribution in [0.4, 0.5) is 8.78 Å². The van der Waals surface area contributed by atoms with Gasteiger partial charge in [-0.3, -0.25) is 0 Å². The van der Waals surface area contributed by atoms with E-state index in [1.54, 1.807) is 6.07 Å². The summed E-state index contributed by atoms with van der Waals surface area (Å²) in [5, 5.41) is 5.41. The van der Waals surface area contributed by atoms with Crippen LogP contribution in [-0.4, -0.2) is 18.8 Å². The van der Waals surface area contributed by atoms with Gasteiger partial charge in [0.15, 0.2) is 6.10 Å². The summed E-state index contributed by atoms with van der Waals surface area (Å²) < 4.78 is 52.2. The molecule has 0 heterocycles. The summed E-state index contributed by atoms with van der Waals surface area (Å²) in [5.74, 6) is 0. The Hall–Kier alpha value is -1.79. The van der Waals surface area contributed by atoms with Crippen LogP contribution in [0.15, 0.2) is 65.6 Å². The Labute approximate surface area is 115 Å². The number of aliphatic hydroxyl groups excluding tert-OH is 1. The average Bonchev–Trinajstić information content (AvgIpc) is 2.48. The molecule has 0 aromatic heterocycles. The summed E-state index contributed by atoms with van der Waals surface area (Å²) in [6.07, 6.45) is -2.42. The second-order valence-corrected chi connectivity index (χ2v) is 6.21. The van der Waals surface area contributed by atoms with Gasteiger partial charge in [-0.1, -0.05) is 48.5 Å². The summed E-state index contributed by atoms with van der Waals surface area (Å²) in [5.41, 5.74) is -0.156. The Balaban J connectivity index is 2.45. The van der Waals surface area contributed by atoms with Crippen molar-refractivity contribution in [3.63, 3.8) is 0 Å². The first-order chi connectivity index (χ1) is 9.37. The Morgan fingerprint density at radius 1 is 0.900 bits per heavy atom. The summed E-state index contributed by atoms with van der Waals surface area (Å²) in [7, 11) is -4.97. The molecule has 6 heteroatoms. The highest BCUT2D eigenvalue weighted by Gasteiger charge is 2.52. The monoisotopic (exact) mass is 298 g/mol. The van der Waals surface area contributed by atoms with Crippen LogP contribution in [0.1, 0.15) is 11.7 Å². The third-order valence-electron chi connectivity index (χ3n) is 2.85. The van der Waals surface area contributed by atoms with Crippen molar-refractivity contribution < 1.29 is 22.3 Å². The van der Waals surface area contributed by atoms with Crippen molar-refractivity contribution in [2.45, 2.75) is 16.3 Å². The van der Waals surface area contributed by atoms with E-state index in [-0.39, 0.29) is 5.56 Å². The topological polar surface area (TPSA) is 54.4 Å². The molecule has 0 aliphatic heterocycles. The summed E-state index contributed by atoms with van der Waals surface area (Å²) in [6.45, 7) is 0. The Morgan fingerprint density at radius 2 is 1.35 bits per heavy atom. The van der Waals surface area contributed by atoms with Crippen LogP contribution in [0, 0.1) is 0 Å². The largest absolute Gasteiger partial charge is 0.381 e. The third kappa shape index (κ3) is 2.44. The molecule has 2 aromatic rings. The Morgan fingerprint density at radius 3 is 1.85 bits per heavy atom. The molecule has 0 fully saturated rings. The van der Waals surface area contributed by atoms with E-state index in [4.69, 9.17) is 0 Å². The van der Waals surface area contributed by atoms with Gasteiger partial charge in [0.1, 0.15) is 0 Å². The molecule has 0 saturated heterocycles. The smallest absolute Gasteiger partial charge is 0.379 e. The lowest BCUT2D eigenvalue weighted by molar-refractivity contribution is -0.0434. The number of benzene rings is 2. The van der Waals surface area contributed by atoms with Crippen LogP contribution >= 0.6 is 0 Å². The SMILES string of the molecule is O=S(=O)(c1ccccc1)C(F)(F)C(O)c1ccccc1. The molecule has 2 rings (SSSR count). The minimum atomic E-state index is -4.97. The lowest BCUT2D eigenvalue weighted by Gasteiger charge is -2.22. The van der Waals surface area contributed by atoms with Gasteiger partial charge in [-0.15, -0.1) is 0 Å². The van der Waals surface area contributed by atoms with Gasteiger partial charge in [0.2, 0.25) is 9.84 Å². The van der Waals surface area contributed by atoms with Crippen molar-refractivity contribution in [2.24, 2.45) is 0 Å². The van der Waals surface area contributed by atoms with Crippen LogP contribution in [-0.2, 0) is 9.84 Å². The fourth-order valence-corrected chi connectivity index (χ4v) is 2.99. The molecule has 0 radical (unpaired) electrons. The molecule has 0 spiro atoms. The van der Waals surface area contributed by atoms with Gasteiger partial charge in [0.25, 0.3) is 0 Å². The maximum absolute atomic E-state index is 14.1. The fraction of sp³-hybridized carbons (Fsp3) is 0.143. The van der Waals surface area contributed by atoms with Crippen LogP contribution in [0.5, 0.6) is 0 Å². The zero-order valence-electron chi connectivity index (χ0n) is 10.3. The number of halogens is 2. The minimum absolute atomic E-state index is 0.156. The predicted octanol–water partition coefficient (Wildman–Crippen LogP) is 2.79. The molecule has 1 N–H and O–H groups in total. The van der Waals surface area contributed by atoms with E-state index in [1.807, 2.05) is 0 Å². The van der Waals surface area contributed by atoms with E-state index in [2.05, 4.69) is 0 Å². The maximum Gasteiger partial charge on any atom is 0.379 e. The summed E-state index contributed by atoms with van der Waals surface area (Å²) >= 11 is 0. The number of alkyl halides is 2. The summed E-state index contributed by atoms with van der Waals surface area (Å²) in [4.78, 5) is -0.528. The van der Waals surface area contributed by atoms with Crippen molar-refractivity contribution in [1.29, 1.82) is 0 Å². The molecule has 0 amide bonds. The summed E-state index contributed by atoms with van der Waals surface area (Å²) in [6, 6.07) is 13.3. The molecule has 1 unspecified atom stereocenters. The zero-order chi connectivity index (χ0) is 14.8. The van der Waals surface area contributed by atoms with Crippen molar-refractivity contribution in [2.75, 3.05) is 0 Å². The van der Waals surface area contributed by atoms with Gasteiger partial charge < -0.3 is 5.11 Å². The number of sulfone groups is 1. The molecule has 2 aromatic carbocycles. The van der Waals surface area contributed by atoms with Crippen LogP contribution in [0.2, 0.25) is 0 Å². The second-order valence-electron chi connectivity index (χ2n) is 4.19. The average molecular weight is 298 g/mol. The predicted molar refractivity (Wildman–Crippen MR) is 70.0 cm³/mol. The zero-order valence-corrected chi connectivity index (χ0v) is 11.1. The van der Waals surface area contributed by atoms with E-state index < -0.39 is 26.1 Å². The van der Waals surface area contributed by atoms with Gasteiger partial charge in [-0.2, -0.15) is 8.78 Å². The van der Waals surface area contributed by atoms with Crippen molar-refractivity contribution in [3.05, 3.63) is 66.2 Å². The molecule has 0 aliphatic rings. The minimum Gasteiger partial charge on any atom is -0.381 e. The highest BCUT2D eigenvalue weighted by molar-refractivity contribution is 7.92. The number of rotatable bonds is 4. The highest BCUT2D eigenvalue weighted by atomic mass is 32.2. The molecular formula is C14H12F2O3S. The molecule has 3 nitrogen and oxygen atoms in total. The molecule has 0 bridgehead atoms. The lowest BCUT2D eigenvalue weighted by atomic mass is 10.1. The molecule has 20 heavy (non-hydrogen) atoms. The number of aliphatic hydroxyl groups is 1. The van der Waals surface area contributed by atoms with Crippen LogP contribution in [0.3, 0.4) is 0 Å². The quantitative estimate of drug-likeness (QED) is 0.944. The molecule has 106 valence electrons. The van der Waals surface area contributed by atoms with E-state index >= 15 is 0 Å². The van der Waals surface area contributed by atoms with E-state index in [0.29, 0.717) is 0 Å². The van der Waals surface area contributed by atoms with Gasteiger partial charge in [0, 0.05) is 0 Å². The first-order valence-corrected chi connectivity index (χ1v) is 7.26. The maximum atomic E-state index is 14.1. The molecular weight excluding hydrogens is 286 g/mol. The second kappa shape index (κ2) is 5.30.